The van der Waals surface area contributed by atoms with Crippen LogP contribution in [-0.2, 0) is 11.3 Å². The quantitative estimate of drug-likeness (QED) is 0.607. The van der Waals surface area contributed by atoms with E-state index < -0.39 is 18.0 Å². The van der Waals surface area contributed by atoms with Gasteiger partial charge in [0.2, 0.25) is 0 Å². The molecule has 0 spiro atoms. The molecule has 1 fully saturated rings. The lowest BCUT2D eigenvalue weighted by Gasteiger charge is -2.30. The topological polar surface area (TPSA) is 56.0 Å². The van der Waals surface area contributed by atoms with E-state index in [9.17, 15) is 14.0 Å². The summed E-state index contributed by atoms with van der Waals surface area (Å²) in [6.07, 6.45) is 0. The molecule has 0 aliphatic carbocycles. The third kappa shape index (κ3) is 2.18. The Morgan fingerprint density at radius 2 is 2.05 bits per heavy atom. The van der Waals surface area contributed by atoms with Gasteiger partial charge in [-0.2, -0.15) is 0 Å². The molecule has 22 heavy (non-hydrogen) atoms. The lowest BCUT2D eigenvalue weighted by Crippen LogP contribution is -2.61. The number of fused-ring (bicyclic) bond motifs is 1. The molecule has 1 saturated heterocycles. The summed E-state index contributed by atoms with van der Waals surface area (Å²) in [5.41, 5.74) is 0.657. The molecule has 0 bridgehead atoms. The number of amidine groups is 2. The minimum Gasteiger partial charge on any atom is -0.269 e. The summed E-state index contributed by atoms with van der Waals surface area (Å²) in [5, 5.41) is 0.104. The Bertz CT molecular complexity index is 746. The second-order valence-corrected chi connectivity index (χ2v) is 5.48. The van der Waals surface area contributed by atoms with Gasteiger partial charge in [0.1, 0.15) is 12.4 Å². The molecule has 1 atom stereocenters. The number of aliphatic imine (C=N–C) groups is 1. The van der Waals surface area contributed by atoms with Crippen LogP contribution in [0.5, 0.6) is 0 Å². The molecule has 3 amide bonds. The molecule has 1 unspecified atom stereocenters. The number of amides is 3. The first-order chi connectivity index (χ1) is 10.4. The minimum atomic E-state index is -0.775. The average Bonchev–Trinajstić information content (AvgIpc) is 2.80. The van der Waals surface area contributed by atoms with Crippen molar-refractivity contribution in [2.24, 2.45) is 4.99 Å². The van der Waals surface area contributed by atoms with E-state index in [2.05, 4.69) is 4.99 Å². The van der Waals surface area contributed by atoms with Crippen molar-refractivity contribution in [1.29, 1.82) is 0 Å². The fourth-order valence-corrected chi connectivity index (χ4v) is 2.80. The maximum Gasteiger partial charge on any atom is 0.394 e. The largest absolute Gasteiger partial charge is 0.394 e. The second kappa shape index (κ2) is 5.17. The molecule has 0 aromatic heterocycles. The number of halogens is 2. The monoisotopic (exact) mass is 323 g/mol. The van der Waals surface area contributed by atoms with Gasteiger partial charge >= 0.3 is 11.3 Å². The van der Waals surface area contributed by atoms with Crippen LogP contribution in [0.2, 0.25) is 0 Å². The van der Waals surface area contributed by atoms with Crippen LogP contribution < -0.4 is 0 Å². The molecule has 2 aliphatic rings. The highest BCUT2D eigenvalue weighted by Gasteiger charge is 2.52. The van der Waals surface area contributed by atoms with Gasteiger partial charge in [-0.05, 0) is 22.7 Å². The molecule has 6 nitrogen and oxygen atoms in total. The predicted octanol–water partition coefficient (Wildman–Crippen LogP) is 1.24. The van der Waals surface area contributed by atoms with Gasteiger partial charge in [0.05, 0.1) is 0 Å². The van der Waals surface area contributed by atoms with Gasteiger partial charge < -0.3 is 0 Å². The van der Waals surface area contributed by atoms with Crippen molar-refractivity contribution in [1.82, 2.24) is 9.80 Å². The number of hydrogen-bond donors (Lipinski definition) is 0. The van der Waals surface area contributed by atoms with E-state index in [1.807, 2.05) is 0 Å². The molecule has 1 aromatic carbocycles. The summed E-state index contributed by atoms with van der Waals surface area (Å²) in [5.74, 6) is -0.489. The van der Waals surface area contributed by atoms with Gasteiger partial charge in [-0.1, -0.05) is 12.1 Å². The predicted molar refractivity (Wildman–Crippen MR) is 78.4 cm³/mol. The Morgan fingerprint density at radius 3 is 2.73 bits per heavy atom. The highest BCUT2D eigenvalue weighted by Crippen LogP contribution is 2.21. The summed E-state index contributed by atoms with van der Waals surface area (Å²) in [7, 11) is 2.94. The van der Waals surface area contributed by atoms with Crippen molar-refractivity contribution in [3.63, 3.8) is 0 Å². The van der Waals surface area contributed by atoms with Gasteiger partial charge in [0, 0.05) is 25.7 Å². The van der Waals surface area contributed by atoms with Crippen molar-refractivity contribution in [2.45, 2.75) is 12.6 Å². The van der Waals surface area contributed by atoms with Crippen molar-refractivity contribution >= 4 is 34.7 Å². The van der Waals surface area contributed by atoms with Crippen LogP contribution in [0, 0.1) is 5.82 Å². The average molecular weight is 324 g/mol. The Hall–Kier alpha value is -2.28. The van der Waals surface area contributed by atoms with Crippen LogP contribution in [0.1, 0.15) is 5.56 Å². The number of carbonyl (C=O) groups is 2. The van der Waals surface area contributed by atoms with Crippen molar-refractivity contribution in [2.75, 3.05) is 14.1 Å². The Morgan fingerprint density at radius 1 is 1.32 bits per heavy atom. The second-order valence-electron chi connectivity index (χ2n) is 5.14. The molecule has 0 radical (unpaired) electrons. The van der Waals surface area contributed by atoms with Crippen LogP contribution in [0.15, 0.2) is 29.3 Å². The molecular weight excluding hydrogens is 311 g/mol. The number of urea groups is 1. The summed E-state index contributed by atoms with van der Waals surface area (Å²) >= 11 is 6.12. The number of hydrogen-bond acceptors (Lipinski definition) is 3. The Kier molecular flexibility index (Phi) is 3.44. The number of benzene rings is 1. The van der Waals surface area contributed by atoms with E-state index in [-0.39, 0.29) is 23.5 Å². The van der Waals surface area contributed by atoms with Crippen LogP contribution in [0.25, 0.3) is 0 Å². The van der Waals surface area contributed by atoms with Gasteiger partial charge in [0.15, 0.2) is 0 Å². The molecule has 2 aliphatic heterocycles. The Labute approximate surface area is 131 Å². The van der Waals surface area contributed by atoms with Gasteiger partial charge in [-0.25, -0.2) is 13.8 Å². The van der Waals surface area contributed by atoms with Crippen LogP contribution >= 0.6 is 11.6 Å². The first-order valence-corrected chi connectivity index (χ1v) is 6.95. The third-order valence-electron chi connectivity index (χ3n) is 3.72. The maximum absolute atomic E-state index is 13.3. The van der Waals surface area contributed by atoms with Crippen molar-refractivity contribution in [3.8, 4) is 0 Å². The summed E-state index contributed by atoms with van der Waals surface area (Å²) in [6, 6.07) is 4.79. The van der Waals surface area contributed by atoms with E-state index >= 15 is 0 Å². The van der Waals surface area contributed by atoms with Crippen LogP contribution in [-0.4, -0.2) is 57.6 Å². The maximum atomic E-state index is 13.3. The zero-order chi connectivity index (χ0) is 16.0. The molecule has 0 N–H and O–H groups in total. The molecule has 8 heteroatoms. The SMILES string of the molecule is CN1C(=O)C2C(=NC(Cl)=[N+]2Cc2cccc(F)c2)N(C)C1=O. The Balaban J connectivity index is 1.96. The normalized spacial score (nSPS) is 21.5. The van der Waals surface area contributed by atoms with Crippen molar-refractivity contribution < 1.29 is 18.6 Å². The van der Waals surface area contributed by atoms with Crippen LogP contribution in [0.4, 0.5) is 9.18 Å². The summed E-state index contributed by atoms with van der Waals surface area (Å²) in [4.78, 5) is 30.7. The first kappa shape index (κ1) is 14.6. The fraction of sp³-hybridized carbons (Fsp3) is 0.286. The summed E-state index contributed by atoms with van der Waals surface area (Å²) < 4.78 is 14.9. The molecular formula is C14H13ClFN4O2+. The van der Waals surface area contributed by atoms with Gasteiger partial charge in [-0.15, -0.1) is 0 Å². The van der Waals surface area contributed by atoms with E-state index in [1.54, 1.807) is 16.7 Å². The molecule has 3 rings (SSSR count). The zero-order valence-electron chi connectivity index (χ0n) is 12.0. The van der Waals surface area contributed by atoms with Gasteiger partial charge in [-0.3, -0.25) is 14.6 Å². The molecule has 114 valence electrons. The number of carbonyl (C=O) groups excluding carboxylic acids is 2. The smallest absolute Gasteiger partial charge is 0.269 e. The summed E-state index contributed by atoms with van der Waals surface area (Å²) in [6.45, 7) is 0.218. The fourth-order valence-electron chi connectivity index (χ4n) is 2.56. The number of imide groups is 1. The van der Waals surface area contributed by atoms with E-state index in [4.69, 9.17) is 11.6 Å². The van der Waals surface area contributed by atoms with E-state index in [0.717, 1.165) is 4.90 Å². The van der Waals surface area contributed by atoms with E-state index in [0.29, 0.717) is 5.56 Å². The lowest BCUT2D eigenvalue weighted by molar-refractivity contribution is -0.549. The standard InChI is InChI=1S/C14H13ClFN4O2/c1-18-11-10(12(21)19(2)14(18)22)20(13(15)17-11)7-8-4-3-5-9(16)6-8/h3-6,10H,7H2,1-2H3/q+1. The molecule has 1 aromatic rings. The minimum absolute atomic E-state index is 0.104. The van der Waals surface area contributed by atoms with Gasteiger partial charge in [0.25, 0.3) is 17.8 Å². The number of rotatable bonds is 2. The first-order valence-electron chi connectivity index (χ1n) is 6.57. The lowest BCUT2D eigenvalue weighted by atomic mass is 10.1. The highest BCUT2D eigenvalue weighted by molar-refractivity contribution is 6.65. The van der Waals surface area contributed by atoms with E-state index in [1.165, 1.54) is 31.1 Å². The third-order valence-corrected chi connectivity index (χ3v) is 4.03. The molecule has 0 saturated carbocycles. The number of nitrogens with zero attached hydrogens (tertiary/aromatic N) is 4. The van der Waals surface area contributed by atoms with Crippen molar-refractivity contribution in [3.05, 3.63) is 35.6 Å². The number of likely N-dealkylation sites (N-methyl/N-ethyl adjacent to an activating group) is 2. The molecule has 2 heterocycles. The highest BCUT2D eigenvalue weighted by atomic mass is 35.5. The van der Waals surface area contributed by atoms with Crippen LogP contribution in [0.3, 0.4) is 0 Å². The zero-order valence-corrected chi connectivity index (χ0v) is 12.7.